The molecule has 0 radical (unpaired) electrons. The summed E-state index contributed by atoms with van der Waals surface area (Å²) in [5.74, 6) is 0.559. The second-order valence-electron chi connectivity index (χ2n) is 7.86. The van der Waals surface area contributed by atoms with E-state index in [4.69, 9.17) is 23.8 Å². The fourth-order valence-electron chi connectivity index (χ4n) is 4.20. The SMILES string of the molecule is Cc1ccc2[nH]c(C3CCN(C(=S)Nc4ccc(Cl)cc4C)CC3)c(C)c2c1. The first-order valence-electron chi connectivity index (χ1n) is 9.83. The molecule has 0 unspecified atom stereocenters. The van der Waals surface area contributed by atoms with Gasteiger partial charge in [-0.2, -0.15) is 0 Å². The van der Waals surface area contributed by atoms with E-state index >= 15 is 0 Å². The van der Waals surface area contributed by atoms with E-state index in [1.54, 1.807) is 0 Å². The van der Waals surface area contributed by atoms with Crippen LogP contribution in [-0.2, 0) is 0 Å². The van der Waals surface area contributed by atoms with Crippen LogP contribution in [0.15, 0.2) is 36.4 Å². The van der Waals surface area contributed by atoms with Gasteiger partial charge in [-0.05, 0) is 87.3 Å². The van der Waals surface area contributed by atoms with E-state index in [-0.39, 0.29) is 0 Å². The van der Waals surface area contributed by atoms with Crippen LogP contribution >= 0.6 is 23.8 Å². The van der Waals surface area contributed by atoms with Crippen LogP contribution in [0.3, 0.4) is 0 Å². The van der Waals surface area contributed by atoms with Crippen molar-refractivity contribution in [1.29, 1.82) is 0 Å². The van der Waals surface area contributed by atoms with Gasteiger partial charge in [0.15, 0.2) is 5.11 Å². The van der Waals surface area contributed by atoms with Crippen molar-refractivity contribution in [2.24, 2.45) is 0 Å². The highest BCUT2D eigenvalue weighted by Crippen LogP contribution is 2.34. The van der Waals surface area contributed by atoms with Gasteiger partial charge in [0.25, 0.3) is 0 Å². The third-order valence-electron chi connectivity index (χ3n) is 5.87. The van der Waals surface area contributed by atoms with Crippen molar-refractivity contribution in [3.8, 4) is 0 Å². The quantitative estimate of drug-likeness (QED) is 0.483. The lowest BCUT2D eigenvalue weighted by atomic mass is 9.91. The number of rotatable bonds is 2. The predicted octanol–water partition coefficient (Wildman–Crippen LogP) is 6.32. The Balaban J connectivity index is 1.43. The van der Waals surface area contributed by atoms with Gasteiger partial charge in [-0.15, -0.1) is 0 Å². The topological polar surface area (TPSA) is 31.1 Å². The van der Waals surface area contributed by atoms with Crippen molar-refractivity contribution in [2.75, 3.05) is 18.4 Å². The lowest BCUT2D eigenvalue weighted by Gasteiger charge is -2.34. The molecule has 0 amide bonds. The van der Waals surface area contributed by atoms with Gasteiger partial charge in [0.2, 0.25) is 0 Å². The molecule has 1 fully saturated rings. The Morgan fingerprint density at radius 2 is 1.86 bits per heavy atom. The minimum atomic E-state index is 0.559. The third kappa shape index (κ3) is 3.76. The normalized spacial score (nSPS) is 15.2. The molecule has 1 saturated heterocycles. The summed E-state index contributed by atoms with van der Waals surface area (Å²) in [7, 11) is 0. The maximum absolute atomic E-state index is 6.05. The van der Waals surface area contributed by atoms with Crippen molar-refractivity contribution >= 4 is 45.5 Å². The molecule has 3 aromatic rings. The smallest absolute Gasteiger partial charge is 0.173 e. The number of aromatic nitrogens is 1. The van der Waals surface area contributed by atoms with E-state index in [1.165, 1.54) is 27.7 Å². The van der Waals surface area contributed by atoms with Gasteiger partial charge in [-0.3, -0.25) is 0 Å². The van der Waals surface area contributed by atoms with Crippen molar-refractivity contribution in [1.82, 2.24) is 9.88 Å². The molecule has 4 rings (SSSR count). The monoisotopic (exact) mass is 411 g/mol. The van der Waals surface area contributed by atoms with Gasteiger partial charge in [-0.1, -0.05) is 23.2 Å². The number of benzene rings is 2. The van der Waals surface area contributed by atoms with E-state index < -0.39 is 0 Å². The van der Waals surface area contributed by atoms with E-state index in [9.17, 15) is 0 Å². The fourth-order valence-corrected chi connectivity index (χ4v) is 4.72. The first kappa shape index (κ1) is 19.3. The van der Waals surface area contributed by atoms with Gasteiger partial charge in [0.05, 0.1) is 0 Å². The molecular formula is C23H26ClN3S. The molecular weight excluding hydrogens is 386 g/mol. The Labute approximate surface area is 177 Å². The molecule has 3 nitrogen and oxygen atoms in total. The van der Waals surface area contributed by atoms with Crippen molar-refractivity contribution in [3.05, 3.63) is 63.8 Å². The number of hydrogen-bond acceptors (Lipinski definition) is 1. The molecule has 0 bridgehead atoms. The van der Waals surface area contributed by atoms with E-state index in [1.807, 2.05) is 25.1 Å². The van der Waals surface area contributed by atoms with Gasteiger partial charge in [0, 0.05) is 46.3 Å². The Morgan fingerprint density at radius 3 is 2.57 bits per heavy atom. The number of halogens is 1. The second kappa shape index (κ2) is 7.76. The van der Waals surface area contributed by atoms with E-state index in [0.29, 0.717) is 5.92 Å². The molecule has 5 heteroatoms. The molecule has 1 aliphatic heterocycles. The highest BCUT2D eigenvalue weighted by Gasteiger charge is 2.25. The zero-order chi connectivity index (χ0) is 19.8. The van der Waals surface area contributed by atoms with Crippen LogP contribution in [0.2, 0.25) is 5.02 Å². The number of thiocarbonyl (C=S) groups is 1. The number of likely N-dealkylation sites (tertiary alicyclic amines) is 1. The minimum Gasteiger partial charge on any atom is -0.358 e. The summed E-state index contributed by atoms with van der Waals surface area (Å²) < 4.78 is 0. The largest absolute Gasteiger partial charge is 0.358 e. The molecule has 0 spiro atoms. The van der Waals surface area contributed by atoms with Crippen LogP contribution in [0.1, 0.15) is 41.1 Å². The molecule has 1 aromatic heterocycles. The first-order chi connectivity index (χ1) is 13.4. The summed E-state index contributed by atoms with van der Waals surface area (Å²) in [5.41, 5.74) is 7.48. The van der Waals surface area contributed by atoms with Crippen molar-refractivity contribution < 1.29 is 0 Å². The minimum absolute atomic E-state index is 0.559. The van der Waals surface area contributed by atoms with Gasteiger partial charge < -0.3 is 15.2 Å². The number of hydrogen-bond donors (Lipinski definition) is 2. The van der Waals surface area contributed by atoms with Crippen LogP contribution in [0.25, 0.3) is 10.9 Å². The van der Waals surface area contributed by atoms with Crippen molar-refractivity contribution in [2.45, 2.75) is 39.5 Å². The molecule has 0 atom stereocenters. The molecule has 146 valence electrons. The number of aryl methyl sites for hydroxylation is 3. The van der Waals surface area contributed by atoms with Crippen LogP contribution in [0, 0.1) is 20.8 Å². The second-order valence-corrected chi connectivity index (χ2v) is 8.69. The standard InChI is InChI=1S/C23H26ClN3S/c1-14-4-6-21-19(12-14)16(3)22(25-21)17-8-10-27(11-9-17)23(28)26-20-7-5-18(24)13-15(20)2/h4-7,12-13,17,25H,8-11H2,1-3H3,(H,26,28). The Morgan fingerprint density at radius 1 is 1.11 bits per heavy atom. The Kier molecular flexibility index (Phi) is 5.35. The van der Waals surface area contributed by atoms with Gasteiger partial charge in [0.1, 0.15) is 0 Å². The summed E-state index contributed by atoms with van der Waals surface area (Å²) in [6.45, 7) is 8.38. The zero-order valence-electron chi connectivity index (χ0n) is 16.6. The lowest BCUT2D eigenvalue weighted by molar-refractivity contribution is 0.314. The van der Waals surface area contributed by atoms with Crippen LogP contribution in [-0.4, -0.2) is 28.1 Å². The molecule has 28 heavy (non-hydrogen) atoms. The van der Waals surface area contributed by atoms with Crippen LogP contribution < -0.4 is 5.32 Å². The third-order valence-corrected chi connectivity index (χ3v) is 6.47. The number of nitrogens with zero attached hydrogens (tertiary/aromatic N) is 1. The molecule has 1 aliphatic rings. The maximum atomic E-state index is 6.05. The summed E-state index contributed by atoms with van der Waals surface area (Å²) in [4.78, 5) is 5.96. The number of aromatic amines is 1. The molecule has 0 saturated carbocycles. The fraction of sp³-hybridized carbons (Fsp3) is 0.348. The summed E-state index contributed by atoms with van der Waals surface area (Å²) in [5, 5.41) is 6.29. The molecule has 2 N–H and O–H groups in total. The van der Waals surface area contributed by atoms with Gasteiger partial charge in [-0.25, -0.2) is 0 Å². The van der Waals surface area contributed by atoms with Crippen LogP contribution in [0.5, 0.6) is 0 Å². The average Bonchev–Trinajstić information content (AvgIpc) is 3.00. The van der Waals surface area contributed by atoms with E-state index in [0.717, 1.165) is 47.3 Å². The predicted molar refractivity (Wildman–Crippen MR) is 124 cm³/mol. The van der Waals surface area contributed by atoms with E-state index in [2.05, 4.69) is 47.2 Å². The Hall–Kier alpha value is -2.04. The molecule has 2 aromatic carbocycles. The number of H-pyrrole nitrogens is 1. The van der Waals surface area contributed by atoms with Crippen LogP contribution in [0.4, 0.5) is 5.69 Å². The summed E-state index contributed by atoms with van der Waals surface area (Å²) in [6, 6.07) is 12.5. The Bertz CT molecular complexity index is 1030. The highest BCUT2D eigenvalue weighted by atomic mass is 35.5. The average molecular weight is 412 g/mol. The molecule has 0 aliphatic carbocycles. The lowest BCUT2D eigenvalue weighted by Crippen LogP contribution is -2.40. The summed E-state index contributed by atoms with van der Waals surface area (Å²) in [6.07, 6.45) is 2.21. The first-order valence-corrected chi connectivity index (χ1v) is 10.6. The zero-order valence-corrected chi connectivity index (χ0v) is 18.2. The van der Waals surface area contributed by atoms with Crippen molar-refractivity contribution in [3.63, 3.8) is 0 Å². The number of nitrogens with one attached hydrogen (secondary N) is 2. The summed E-state index contributed by atoms with van der Waals surface area (Å²) >= 11 is 11.7. The maximum Gasteiger partial charge on any atom is 0.173 e. The highest BCUT2D eigenvalue weighted by molar-refractivity contribution is 7.80. The van der Waals surface area contributed by atoms with Gasteiger partial charge >= 0.3 is 0 Å². The molecule has 2 heterocycles. The number of fused-ring (bicyclic) bond motifs is 1. The number of piperidine rings is 1. The number of anilines is 1.